The first kappa shape index (κ1) is 14.6. The molecule has 5 nitrogen and oxygen atoms in total. The van der Waals surface area contributed by atoms with Crippen LogP contribution in [0.1, 0.15) is 11.3 Å². The van der Waals surface area contributed by atoms with E-state index in [0.717, 1.165) is 7.11 Å². The van der Waals surface area contributed by atoms with Crippen LogP contribution < -0.4 is 10.2 Å². The average Bonchev–Trinajstić information content (AvgIpc) is 2.46. The Kier molecular flexibility index (Phi) is 3.67. The fraction of sp³-hybridized carbons (Fsp3) is 0.154. The molecule has 0 bridgehead atoms. The maximum Gasteiger partial charge on any atom is 0.436 e. The predicted molar refractivity (Wildman–Crippen MR) is 66.6 cm³/mol. The number of H-pyrrole nitrogens is 1. The number of aromatic nitrogens is 2. The zero-order valence-corrected chi connectivity index (χ0v) is 10.7. The Hall–Kier alpha value is -2.82. The van der Waals surface area contributed by atoms with Crippen LogP contribution >= 0.6 is 0 Å². The van der Waals surface area contributed by atoms with Crippen LogP contribution in [0.4, 0.5) is 13.2 Å². The van der Waals surface area contributed by atoms with E-state index in [1.807, 2.05) is 6.07 Å². The zero-order chi connectivity index (χ0) is 15.6. The Morgan fingerprint density at radius 1 is 1.29 bits per heavy atom. The van der Waals surface area contributed by atoms with Gasteiger partial charge in [0.1, 0.15) is 5.69 Å². The molecule has 0 fully saturated rings. The molecule has 0 saturated heterocycles. The van der Waals surface area contributed by atoms with E-state index in [9.17, 15) is 18.0 Å². The lowest BCUT2D eigenvalue weighted by atomic mass is 10.1. The molecule has 0 radical (unpaired) electrons. The van der Waals surface area contributed by atoms with Crippen molar-refractivity contribution >= 4 is 0 Å². The number of aromatic amines is 1. The standard InChI is InChI=1S/C13H8F3N3O2/c1-21-11-10(20)9(18-19-12(11)13(14,15)16)8-4-2-7(6-17)3-5-8/h2-5H,1H3,(H,19,20). The molecule has 21 heavy (non-hydrogen) atoms. The molecule has 0 aliphatic carbocycles. The van der Waals surface area contributed by atoms with Crippen molar-refractivity contribution in [2.75, 3.05) is 7.11 Å². The lowest BCUT2D eigenvalue weighted by Gasteiger charge is -2.11. The van der Waals surface area contributed by atoms with Gasteiger partial charge in [-0.25, -0.2) is 0 Å². The molecule has 0 spiro atoms. The van der Waals surface area contributed by atoms with Gasteiger partial charge in [0.05, 0.1) is 18.7 Å². The Bertz CT molecular complexity index is 758. The lowest BCUT2D eigenvalue weighted by molar-refractivity contribution is -0.143. The van der Waals surface area contributed by atoms with E-state index in [1.165, 1.54) is 24.3 Å². The largest absolute Gasteiger partial charge is 0.491 e. The summed E-state index contributed by atoms with van der Waals surface area (Å²) in [6, 6.07) is 7.59. The average molecular weight is 295 g/mol. The third kappa shape index (κ3) is 2.72. The van der Waals surface area contributed by atoms with E-state index in [1.54, 1.807) is 5.10 Å². The number of methoxy groups -OCH3 is 1. The first-order valence-corrected chi connectivity index (χ1v) is 5.63. The van der Waals surface area contributed by atoms with Gasteiger partial charge in [-0.2, -0.15) is 23.5 Å². The van der Waals surface area contributed by atoms with Crippen molar-refractivity contribution in [2.24, 2.45) is 0 Å². The Morgan fingerprint density at radius 3 is 2.38 bits per heavy atom. The monoisotopic (exact) mass is 295 g/mol. The Labute approximate surface area is 116 Å². The van der Waals surface area contributed by atoms with Crippen LogP contribution in [0.25, 0.3) is 11.3 Å². The summed E-state index contributed by atoms with van der Waals surface area (Å²) >= 11 is 0. The summed E-state index contributed by atoms with van der Waals surface area (Å²) in [4.78, 5) is 12.0. The molecule has 0 amide bonds. The number of halogens is 3. The van der Waals surface area contributed by atoms with Gasteiger partial charge >= 0.3 is 6.18 Å². The topological polar surface area (TPSA) is 78.8 Å². The van der Waals surface area contributed by atoms with Gasteiger partial charge in [0.25, 0.3) is 0 Å². The van der Waals surface area contributed by atoms with Crippen LogP contribution in [-0.4, -0.2) is 17.3 Å². The first-order valence-electron chi connectivity index (χ1n) is 5.63. The van der Waals surface area contributed by atoms with Gasteiger partial charge in [-0.3, -0.25) is 9.89 Å². The maximum atomic E-state index is 12.7. The van der Waals surface area contributed by atoms with Crippen LogP contribution in [0.3, 0.4) is 0 Å². The summed E-state index contributed by atoms with van der Waals surface area (Å²) in [5.41, 5.74) is -1.90. The molecule has 1 N–H and O–H groups in total. The number of rotatable bonds is 2. The molecule has 1 aromatic heterocycles. The summed E-state index contributed by atoms with van der Waals surface area (Å²) in [6.45, 7) is 0. The highest BCUT2D eigenvalue weighted by molar-refractivity contribution is 5.61. The van der Waals surface area contributed by atoms with Crippen LogP contribution in [0.2, 0.25) is 0 Å². The van der Waals surface area contributed by atoms with E-state index in [0.29, 0.717) is 5.56 Å². The number of alkyl halides is 3. The summed E-state index contributed by atoms with van der Waals surface area (Å²) < 4.78 is 42.7. The second kappa shape index (κ2) is 5.28. The zero-order valence-electron chi connectivity index (χ0n) is 10.7. The molecule has 1 aromatic carbocycles. The van der Waals surface area contributed by atoms with Gasteiger partial charge in [0.2, 0.25) is 5.43 Å². The van der Waals surface area contributed by atoms with Crippen LogP contribution in [0, 0.1) is 11.3 Å². The summed E-state index contributed by atoms with van der Waals surface area (Å²) in [5, 5.41) is 13.9. The maximum absolute atomic E-state index is 12.7. The van der Waals surface area contributed by atoms with Gasteiger partial charge < -0.3 is 4.74 Å². The van der Waals surface area contributed by atoms with Gasteiger partial charge in [-0.15, -0.1) is 0 Å². The van der Waals surface area contributed by atoms with E-state index in [4.69, 9.17) is 5.26 Å². The van der Waals surface area contributed by atoms with Crippen molar-refractivity contribution < 1.29 is 17.9 Å². The molecule has 0 aliphatic heterocycles. The van der Waals surface area contributed by atoms with Crippen molar-refractivity contribution in [3.63, 3.8) is 0 Å². The molecule has 0 unspecified atom stereocenters. The van der Waals surface area contributed by atoms with E-state index in [2.05, 4.69) is 9.84 Å². The predicted octanol–water partition coefficient (Wildman–Crippen LogP) is 2.34. The molecule has 0 atom stereocenters. The smallest absolute Gasteiger partial charge is 0.436 e. The molecule has 8 heteroatoms. The van der Waals surface area contributed by atoms with Crippen molar-refractivity contribution in [3.05, 3.63) is 45.7 Å². The molecule has 0 aliphatic rings. The van der Waals surface area contributed by atoms with Crippen LogP contribution in [0.15, 0.2) is 29.1 Å². The van der Waals surface area contributed by atoms with Crippen LogP contribution in [0.5, 0.6) is 5.75 Å². The second-order valence-electron chi connectivity index (χ2n) is 4.00. The number of hydrogen-bond acceptors (Lipinski definition) is 4. The van der Waals surface area contributed by atoms with E-state index >= 15 is 0 Å². The summed E-state index contributed by atoms with van der Waals surface area (Å²) in [6.07, 6.45) is -4.78. The highest BCUT2D eigenvalue weighted by Gasteiger charge is 2.37. The number of nitriles is 1. The van der Waals surface area contributed by atoms with Crippen molar-refractivity contribution in [3.8, 4) is 23.1 Å². The Balaban J connectivity index is 2.61. The molecule has 1 heterocycles. The van der Waals surface area contributed by atoms with Crippen molar-refractivity contribution in [1.29, 1.82) is 5.26 Å². The van der Waals surface area contributed by atoms with Gasteiger partial charge in [-0.1, -0.05) is 12.1 Å². The lowest BCUT2D eigenvalue weighted by Crippen LogP contribution is -2.20. The normalized spacial score (nSPS) is 11.0. The van der Waals surface area contributed by atoms with Crippen molar-refractivity contribution in [1.82, 2.24) is 10.2 Å². The number of ether oxygens (including phenoxy) is 1. The third-order valence-corrected chi connectivity index (χ3v) is 2.70. The highest BCUT2D eigenvalue weighted by Crippen LogP contribution is 2.32. The fourth-order valence-electron chi connectivity index (χ4n) is 1.72. The number of hydrogen-bond donors (Lipinski definition) is 1. The van der Waals surface area contributed by atoms with Crippen molar-refractivity contribution in [2.45, 2.75) is 6.18 Å². The van der Waals surface area contributed by atoms with Crippen LogP contribution in [-0.2, 0) is 6.18 Å². The van der Waals surface area contributed by atoms with E-state index < -0.39 is 23.0 Å². The minimum absolute atomic E-state index is 0.218. The minimum Gasteiger partial charge on any atom is -0.491 e. The second-order valence-corrected chi connectivity index (χ2v) is 4.00. The number of nitrogens with one attached hydrogen (secondary N) is 1. The minimum atomic E-state index is -4.78. The molecular weight excluding hydrogens is 287 g/mol. The van der Waals surface area contributed by atoms with Gasteiger partial charge in [-0.05, 0) is 12.1 Å². The molecule has 0 saturated carbocycles. The molecule has 2 rings (SSSR count). The molecule has 108 valence electrons. The third-order valence-electron chi connectivity index (χ3n) is 2.70. The number of benzene rings is 1. The van der Waals surface area contributed by atoms with Gasteiger partial charge in [0.15, 0.2) is 11.4 Å². The van der Waals surface area contributed by atoms with Gasteiger partial charge in [0, 0.05) is 5.56 Å². The quantitative estimate of drug-likeness (QED) is 0.922. The SMILES string of the molecule is COc1c(C(F)(F)F)[nH]nc(-c2ccc(C#N)cc2)c1=O. The molecule has 2 aromatic rings. The summed E-state index contributed by atoms with van der Waals surface area (Å²) in [5.74, 6) is -0.850. The first-order chi connectivity index (χ1) is 9.88. The Morgan fingerprint density at radius 2 is 1.90 bits per heavy atom. The fourth-order valence-corrected chi connectivity index (χ4v) is 1.72. The summed E-state index contributed by atoms with van der Waals surface area (Å²) in [7, 11) is 0.975. The number of nitrogens with zero attached hydrogens (tertiary/aromatic N) is 2. The van der Waals surface area contributed by atoms with E-state index in [-0.39, 0.29) is 11.3 Å². The highest BCUT2D eigenvalue weighted by atomic mass is 19.4. The molecular formula is C13H8F3N3O2.